The Morgan fingerprint density at radius 2 is 1.55 bits per heavy atom. The topological polar surface area (TPSA) is 52.6 Å². The van der Waals surface area contributed by atoms with Crippen LogP contribution in [0.4, 0.5) is 0 Å². The maximum Gasteiger partial charge on any atom is 0.338 e. The van der Waals surface area contributed by atoms with Crippen LogP contribution < -0.4 is 0 Å². The van der Waals surface area contributed by atoms with E-state index in [1.165, 1.54) is 0 Å². The molecule has 0 saturated carbocycles. The van der Waals surface area contributed by atoms with Crippen molar-refractivity contribution in [3.05, 3.63) is 35.4 Å². The molecule has 1 rings (SSSR count). The molecule has 1 atom stereocenters. The molecule has 1 aromatic rings. The Morgan fingerprint density at radius 3 is 2.05 bits per heavy atom. The van der Waals surface area contributed by atoms with Crippen molar-refractivity contribution in [1.82, 2.24) is 0 Å². The second kappa shape index (κ2) is 9.23. The van der Waals surface area contributed by atoms with E-state index in [4.69, 9.17) is 9.47 Å². The second-order valence-electron chi connectivity index (χ2n) is 5.91. The highest BCUT2D eigenvalue weighted by atomic mass is 16.5. The molecule has 0 radical (unpaired) electrons. The van der Waals surface area contributed by atoms with Crippen molar-refractivity contribution in [1.29, 1.82) is 0 Å². The second-order valence-corrected chi connectivity index (χ2v) is 5.91. The van der Waals surface area contributed by atoms with E-state index in [2.05, 4.69) is 13.8 Å². The minimum Gasteiger partial charge on any atom is -0.462 e. The standard InChI is InChI=1S/C18H26O4/c1-5-6-11-21-17(19)15-7-9-16(10-8-15)18(20)22-14(4)12-13(2)3/h7-10,13-14H,5-6,11-12H2,1-4H3. The van der Waals surface area contributed by atoms with E-state index in [-0.39, 0.29) is 18.0 Å². The van der Waals surface area contributed by atoms with Gasteiger partial charge < -0.3 is 9.47 Å². The predicted molar refractivity (Wildman–Crippen MR) is 86.0 cm³/mol. The summed E-state index contributed by atoms with van der Waals surface area (Å²) in [6.45, 7) is 8.52. The molecule has 1 aromatic carbocycles. The van der Waals surface area contributed by atoms with Gasteiger partial charge in [0.15, 0.2) is 0 Å². The van der Waals surface area contributed by atoms with Gasteiger partial charge in [-0.25, -0.2) is 9.59 Å². The van der Waals surface area contributed by atoms with E-state index in [0.717, 1.165) is 19.3 Å². The van der Waals surface area contributed by atoms with E-state index in [9.17, 15) is 9.59 Å². The molecule has 0 amide bonds. The number of ether oxygens (including phenoxy) is 2. The minimum absolute atomic E-state index is 0.119. The Bertz CT molecular complexity index is 476. The van der Waals surface area contributed by atoms with E-state index >= 15 is 0 Å². The van der Waals surface area contributed by atoms with Crippen LogP contribution in [0.15, 0.2) is 24.3 Å². The van der Waals surface area contributed by atoms with Gasteiger partial charge in [-0.3, -0.25) is 0 Å². The number of rotatable bonds is 8. The lowest BCUT2D eigenvalue weighted by Gasteiger charge is -2.15. The van der Waals surface area contributed by atoms with Crippen molar-refractivity contribution in [2.45, 2.75) is 53.1 Å². The van der Waals surface area contributed by atoms with Crippen molar-refractivity contribution < 1.29 is 19.1 Å². The van der Waals surface area contributed by atoms with Gasteiger partial charge in [0, 0.05) is 0 Å². The molecule has 0 aliphatic heterocycles. The lowest BCUT2D eigenvalue weighted by molar-refractivity contribution is 0.0298. The summed E-state index contributed by atoms with van der Waals surface area (Å²) < 4.78 is 10.5. The SMILES string of the molecule is CCCCOC(=O)c1ccc(C(=O)OC(C)CC(C)C)cc1. The van der Waals surface area contributed by atoms with Gasteiger partial charge in [0.2, 0.25) is 0 Å². The molecule has 22 heavy (non-hydrogen) atoms. The third kappa shape index (κ3) is 6.29. The molecule has 0 fully saturated rings. The lowest BCUT2D eigenvalue weighted by atomic mass is 10.1. The highest BCUT2D eigenvalue weighted by Crippen LogP contribution is 2.12. The molecule has 0 aromatic heterocycles. The van der Waals surface area contributed by atoms with Crippen LogP contribution in [-0.4, -0.2) is 24.6 Å². The minimum atomic E-state index is -0.362. The smallest absolute Gasteiger partial charge is 0.338 e. The number of hydrogen-bond donors (Lipinski definition) is 0. The van der Waals surface area contributed by atoms with Crippen molar-refractivity contribution in [2.24, 2.45) is 5.92 Å². The Labute approximate surface area is 132 Å². The van der Waals surface area contributed by atoms with Gasteiger partial charge >= 0.3 is 11.9 Å². The summed E-state index contributed by atoms with van der Waals surface area (Å²) in [4.78, 5) is 23.8. The van der Waals surface area contributed by atoms with Crippen LogP contribution in [0.25, 0.3) is 0 Å². The fourth-order valence-electron chi connectivity index (χ4n) is 2.10. The number of carbonyl (C=O) groups is 2. The molecule has 0 N–H and O–H groups in total. The summed E-state index contributed by atoms with van der Waals surface area (Å²) in [5, 5.41) is 0. The molecule has 0 spiro atoms. The zero-order valence-corrected chi connectivity index (χ0v) is 13.9. The summed E-state index contributed by atoms with van der Waals surface area (Å²) in [6, 6.07) is 6.39. The number of carbonyl (C=O) groups excluding carboxylic acids is 2. The van der Waals surface area contributed by atoms with Crippen LogP contribution in [0.3, 0.4) is 0 Å². The maximum absolute atomic E-state index is 12.0. The first-order valence-corrected chi connectivity index (χ1v) is 7.92. The van der Waals surface area contributed by atoms with Gasteiger partial charge in [0.25, 0.3) is 0 Å². The predicted octanol–water partition coefficient (Wildman–Crippen LogP) is 4.23. The Kier molecular flexibility index (Phi) is 7.64. The molecular formula is C18H26O4. The summed E-state index contributed by atoms with van der Waals surface area (Å²) in [7, 11) is 0. The van der Waals surface area contributed by atoms with Crippen molar-refractivity contribution in [3.8, 4) is 0 Å². The van der Waals surface area contributed by atoms with Crippen molar-refractivity contribution in [3.63, 3.8) is 0 Å². The molecule has 0 bridgehead atoms. The summed E-state index contributed by atoms with van der Waals surface area (Å²) in [5.74, 6) is -0.247. The van der Waals surface area contributed by atoms with Gasteiger partial charge in [-0.2, -0.15) is 0 Å². The van der Waals surface area contributed by atoms with Crippen molar-refractivity contribution >= 4 is 11.9 Å². The van der Waals surface area contributed by atoms with Gasteiger partial charge in [0.1, 0.15) is 0 Å². The number of benzene rings is 1. The summed E-state index contributed by atoms with van der Waals surface area (Å²) in [5.41, 5.74) is 0.892. The quantitative estimate of drug-likeness (QED) is 0.532. The molecular weight excluding hydrogens is 280 g/mol. The highest BCUT2D eigenvalue weighted by Gasteiger charge is 2.14. The molecule has 4 heteroatoms. The maximum atomic E-state index is 12.0. The van der Waals surface area contributed by atoms with Crippen LogP contribution in [0, 0.1) is 5.92 Å². The third-order valence-electron chi connectivity index (χ3n) is 3.20. The van der Waals surface area contributed by atoms with Crippen molar-refractivity contribution in [2.75, 3.05) is 6.61 Å². The summed E-state index contributed by atoms with van der Waals surface area (Å²) in [6.07, 6.45) is 2.54. The zero-order chi connectivity index (χ0) is 16.5. The van der Waals surface area contributed by atoms with Gasteiger partial charge in [-0.15, -0.1) is 0 Å². The largest absolute Gasteiger partial charge is 0.462 e. The van der Waals surface area contributed by atoms with Crippen LogP contribution in [0.2, 0.25) is 0 Å². The van der Waals surface area contributed by atoms with Crippen LogP contribution in [0.1, 0.15) is 67.7 Å². The first-order chi connectivity index (χ1) is 10.4. The normalized spacial score (nSPS) is 12.0. The third-order valence-corrected chi connectivity index (χ3v) is 3.20. The fraction of sp³-hybridized carbons (Fsp3) is 0.556. The molecule has 1 unspecified atom stereocenters. The Morgan fingerprint density at radius 1 is 1.00 bits per heavy atom. The molecule has 0 saturated heterocycles. The Hall–Kier alpha value is -1.84. The van der Waals surface area contributed by atoms with Crippen LogP contribution in [-0.2, 0) is 9.47 Å². The average molecular weight is 306 g/mol. The lowest BCUT2D eigenvalue weighted by Crippen LogP contribution is -2.17. The van der Waals surface area contributed by atoms with Gasteiger partial charge in [-0.1, -0.05) is 27.2 Å². The van der Waals surface area contributed by atoms with Crippen LogP contribution in [0.5, 0.6) is 0 Å². The van der Waals surface area contributed by atoms with Gasteiger partial charge in [-0.05, 0) is 49.9 Å². The summed E-state index contributed by atoms with van der Waals surface area (Å²) >= 11 is 0. The van der Waals surface area contributed by atoms with Crippen LogP contribution >= 0.6 is 0 Å². The molecule has 0 heterocycles. The molecule has 4 nitrogen and oxygen atoms in total. The number of unbranched alkanes of at least 4 members (excludes halogenated alkanes) is 1. The van der Waals surface area contributed by atoms with E-state index in [1.807, 2.05) is 13.8 Å². The number of hydrogen-bond acceptors (Lipinski definition) is 4. The van der Waals surface area contributed by atoms with E-state index in [1.54, 1.807) is 24.3 Å². The zero-order valence-electron chi connectivity index (χ0n) is 13.9. The Balaban J connectivity index is 2.56. The van der Waals surface area contributed by atoms with E-state index in [0.29, 0.717) is 23.7 Å². The molecule has 0 aliphatic rings. The first-order valence-electron chi connectivity index (χ1n) is 7.92. The molecule has 122 valence electrons. The first kappa shape index (κ1) is 18.2. The monoisotopic (exact) mass is 306 g/mol. The fourth-order valence-corrected chi connectivity index (χ4v) is 2.10. The number of esters is 2. The average Bonchev–Trinajstić information content (AvgIpc) is 2.46. The van der Waals surface area contributed by atoms with Gasteiger partial charge in [0.05, 0.1) is 23.8 Å². The van der Waals surface area contributed by atoms with E-state index < -0.39 is 0 Å². The molecule has 0 aliphatic carbocycles. The highest BCUT2D eigenvalue weighted by molar-refractivity contribution is 5.93.